The van der Waals surface area contributed by atoms with Crippen LogP contribution in [0.5, 0.6) is 5.75 Å². The fraction of sp³-hybridized carbons (Fsp3) is 0.357. The van der Waals surface area contributed by atoms with Gasteiger partial charge in [-0.15, -0.1) is 0 Å². The quantitative estimate of drug-likeness (QED) is 0.290. The summed E-state index contributed by atoms with van der Waals surface area (Å²) in [5.74, 6) is -0.973. The Morgan fingerprint density at radius 1 is 1.03 bits per heavy atom. The van der Waals surface area contributed by atoms with Crippen LogP contribution in [0.25, 0.3) is 6.08 Å². The number of carbonyl (C=O) groups is 3. The third-order valence-electron chi connectivity index (χ3n) is 6.07. The lowest BCUT2D eigenvalue weighted by Crippen LogP contribution is -2.52. The van der Waals surface area contributed by atoms with Crippen LogP contribution in [0.2, 0.25) is 0 Å². The largest absolute Gasteiger partial charge is 0.508 e. The van der Waals surface area contributed by atoms with E-state index in [2.05, 4.69) is 16.0 Å². The number of hydrogen-bond donors (Lipinski definition) is 4. The molecule has 1 aliphatic rings. The predicted molar refractivity (Wildman–Crippen MR) is 138 cm³/mol. The monoisotopic (exact) mass is 504 g/mol. The Morgan fingerprint density at radius 3 is 2.24 bits per heavy atom. The molecule has 0 saturated heterocycles. The lowest BCUT2D eigenvalue weighted by atomic mass is 9.90. The van der Waals surface area contributed by atoms with E-state index in [1.54, 1.807) is 12.1 Å². The molecule has 2 aromatic rings. The zero-order chi connectivity index (χ0) is 26.6. The van der Waals surface area contributed by atoms with Crippen molar-refractivity contribution in [2.45, 2.75) is 57.3 Å². The van der Waals surface area contributed by atoms with Crippen molar-refractivity contribution in [1.29, 1.82) is 5.26 Å². The van der Waals surface area contributed by atoms with Gasteiger partial charge in [-0.05, 0) is 55.0 Å². The van der Waals surface area contributed by atoms with Crippen molar-refractivity contribution in [1.82, 2.24) is 16.0 Å². The van der Waals surface area contributed by atoms with E-state index in [0.29, 0.717) is 37.9 Å². The van der Waals surface area contributed by atoms with Crippen LogP contribution in [-0.4, -0.2) is 47.6 Å². The minimum atomic E-state index is -0.804. The zero-order valence-electron chi connectivity index (χ0n) is 20.8. The van der Waals surface area contributed by atoms with Crippen LogP contribution >= 0.6 is 0 Å². The van der Waals surface area contributed by atoms with Crippen LogP contribution in [0.3, 0.4) is 0 Å². The SMILES string of the molecule is CC(=O)N[C@H](COCc1ccccc1)C(=O)NC1CCC(NC(=O)/C(C#N)=C/c2ccc(O)cc2)CC1. The molecule has 0 radical (unpaired) electrons. The van der Waals surface area contributed by atoms with Crippen LogP contribution in [0.15, 0.2) is 60.2 Å². The summed E-state index contributed by atoms with van der Waals surface area (Å²) in [6.45, 7) is 1.74. The Labute approximate surface area is 216 Å². The highest BCUT2D eigenvalue weighted by molar-refractivity contribution is 6.01. The molecule has 1 atom stereocenters. The average Bonchev–Trinajstić information content (AvgIpc) is 2.89. The first-order valence-electron chi connectivity index (χ1n) is 12.2. The number of amides is 3. The Bertz CT molecular complexity index is 1130. The summed E-state index contributed by atoms with van der Waals surface area (Å²) >= 11 is 0. The molecular weight excluding hydrogens is 472 g/mol. The summed E-state index contributed by atoms with van der Waals surface area (Å²) in [7, 11) is 0. The first kappa shape index (κ1) is 27.4. The van der Waals surface area contributed by atoms with Crippen LogP contribution < -0.4 is 16.0 Å². The fourth-order valence-electron chi connectivity index (χ4n) is 4.13. The lowest BCUT2D eigenvalue weighted by molar-refractivity contribution is -0.130. The van der Waals surface area contributed by atoms with Gasteiger partial charge in [0.05, 0.1) is 13.2 Å². The molecule has 1 aliphatic carbocycles. The lowest BCUT2D eigenvalue weighted by Gasteiger charge is -2.30. The van der Waals surface area contributed by atoms with Gasteiger partial charge in [-0.3, -0.25) is 14.4 Å². The minimum absolute atomic E-state index is 0.0187. The van der Waals surface area contributed by atoms with E-state index in [1.165, 1.54) is 25.1 Å². The second kappa shape index (κ2) is 13.8. The summed E-state index contributed by atoms with van der Waals surface area (Å²) in [6.07, 6.45) is 4.06. The van der Waals surface area contributed by atoms with Crippen molar-refractivity contribution in [3.8, 4) is 11.8 Å². The number of nitriles is 1. The standard InChI is InChI=1S/C28H32N4O5/c1-19(33)30-26(18-37-17-21-5-3-2-4-6-21)28(36)32-24-11-9-23(10-12-24)31-27(35)22(16-29)15-20-7-13-25(34)14-8-20/h2-8,13-15,23-24,26,34H,9-12,17-18H2,1H3,(H,30,33)(H,31,35)(H,32,36)/b22-15+/t23?,24?,26-/m1/s1. The number of ether oxygens (including phenoxy) is 1. The number of carbonyl (C=O) groups excluding carboxylic acids is 3. The number of rotatable bonds is 10. The third kappa shape index (κ3) is 9.09. The minimum Gasteiger partial charge on any atom is -0.508 e. The first-order valence-corrected chi connectivity index (χ1v) is 12.2. The number of nitrogens with zero attached hydrogens (tertiary/aromatic N) is 1. The van der Waals surface area contributed by atoms with Crippen LogP contribution in [-0.2, 0) is 25.7 Å². The van der Waals surface area contributed by atoms with Gasteiger partial charge in [0.15, 0.2) is 0 Å². The topological polar surface area (TPSA) is 141 Å². The van der Waals surface area contributed by atoms with Crippen molar-refractivity contribution >= 4 is 23.8 Å². The second-order valence-electron chi connectivity index (χ2n) is 9.05. The van der Waals surface area contributed by atoms with E-state index in [0.717, 1.165) is 5.56 Å². The van der Waals surface area contributed by atoms with Crippen molar-refractivity contribution < 1.29 is 24.2 Å². The molecule has 0 bridgehead atoms. The molecule has 194 valence electrons. The molecule has 0 unspecified atom stereocenters. The molecular formula is C28H32N4O5. The molecule has 0 aliphatic heterocycles. The second-order valence-corrected chi connectivity index (χ2v) is 9.05. The molecule has 2 aromatic carbocycles. The average molecular weight is 505 g/mol. The highest BCUT2D eigenvalue weighted by atomic mass is 16.5. The highest BCUT2D eigenvalue weighted by Crippen LogP contribution is 2.20. The van der Waals surface area contributed by atoms with Crippen molar-refractivity contribution in [3.05, 3.63) is 71.3 Å². The van der Waals surface area contributed by atoms with Gasteiger partial charge in [-0.25, -0.2) is 0 Å². The number of hydrogen-bond acceptors (Lipinski definition) is 6. The molecule has 0 aromatic heterocycles. The summed E-state index contributed by atoms with van der Waals surface area (Å²) in [4.78, 5) is 37.0. The number of phenolic OH excluding ortho intramolecular Hbond substituents is 1. The maximum absolute atomic E-state index is 12.8. The molecule has 3 rings (SSSR count). The van der Waals surface area contributed by atoms with Gasteiger partial charge in [0.25, 0.3) is 5.91 Å². The molecule has 4 N–H and O–H groups in total. The predicted octanol–water partition coefficient (Wildman–Crippen LogP) is 2.56. The van der Waals surface area contributed by atoms with Crippen molar-refractivity contribution in [3.63, 3.8) is 0 Å². The zero-order valence-corrected chi connectivity index (χ0v) is 20.8. The van der Waals surface area contributed by atoms with E-state index >= 15 is 0 Å². The number of aromatic hydroxyl groups is 1. The third-order valence-corrected chi connectivity index (χ3v) is 6.07. The van der Waals surface area contributed by atoms with Crippen LogP contribution in [0.1, 0.15) is 43.7 Å². The smallest absolute Gasteiger partial charge is 0.262 e. The van der Waals surface area contributed by atoms with E-state index in [1.807, 2.05) is 36.4 Å². The van der Waals surface area contributed by atoms with E-state index in [4.69, 9.17) is 4.74 Å². The van der Waals surface area contributed by atoms with Crippen LogP contribution in [0.4, 0.5) is 0 Å². The first-order chi connectivity index (χ1) is 17.8. The summed E-state index contributed by atoms with van der Waals surface area (Å²) in [5, 5.41) is 27.3. The maximum Gasteiger partial charge on any atom is 0.262 e. The summed E-state index contributed by atoms with van der Waals surface area (Å²) in [5.41, 5.74) is 1.59. The molecule has 1 fully saturated rings. The Balaban J connectivity index is 1.46. The highest BCUT2D eigenvalue weighted by Gasteiger charge is 2.27. The van der Waals surface area contributed by atoms with Gasteiger partial charge >= 0.3 is 0 Å². The van der Waals surface area contributed by atoms with Gasteiger partial charge in [-0.2, -0.15) is 5.26 Å². The van der Waals surface area contributed by atoms with Gasteiger partial charge in [0.1, 0.15) is 23.4 Å². The Kier molecular flexibility index (Phi) is 10.2. The molecule has 0 heterocycles. The van der Waals surface area contributed by atoms with Crippen LogP contribution in [0, 0.1) is 11.3 Å². The van der Waals surface area contributed by atoms with E-state index < -0.39 is 11.9 Å². The molecule has 1 saturated carbocycles. The van der Waals surface area contributed by atoms with Crippen molar-refractivity contribution in [2.75, 3.05) is 6.61 Å². The molecule has 3 amide bonds. The Hall–Kier alpha value is -4.16. The molecule has 9 nitrogen and oxygen atoms in total. The molecule has 37 heavy (non-hydrogen) atoms. The number of benzene rings is 2. The van der Waals surface area contributed by atoms with Gasteiger partial charge in [0, 0.05) is 19.0 Å². The van der Waals surface area contributed by atoms with Crippen molar-refractivity contribution in [2.24, 2.45) is 0 Å². The van der Waals surface area contributed by atoms with Gasteiger partial charge in [-0.1, -0.05) is 42.5 Å². The van der Waals surface area contributed by atoms with E-state index in [-0.39, 0.29) is 41.8 Å². The van der Waals surface area contributed by atoms with E-state index in [9.17, 15) is 24.8 Å². The number of nitrogens with one attached hydrogen (secondary N) is 3. The maximum atomic E-state index is 12.8. The summed E-state index contributed by atoms with van der Waals surface area (Å²) in [6, 6.07) is 16.7. The molecule has 0 spiro atoms. The number of phenols is 1. The van der Waals surface area contributed by atoms with Gasteiger partial charge < -0.3 is 25.8 Å². The summed E-state index contributed by atoms with van der Waals surface area (Å²) < 4.78 is 5.67. The van der Waals surface area contributed by atoms with Gasteiger partial charge in [0.2, 0.25) is 11.8 Å². The fourth-order valence-corrected chi connectivity index (χ4v) is 4.13. The normalized spacial score (nSPS) is 18.2. The molecule has 9 heteroatoms. The Morgan fingerprint density at radius 2 is 1.65 bits per heavy atom.